The van der Waals surface area contributed by atoms with Crippen molar-refractivity contribution in [1.82, 2.24) is 5.32 Å². The number of nitrogens with zero attached hydrogens (tertiary/aromatic N) is 1. The molecule has 1 aliphatic heterocycles. The van der Waals surface area contributed by atoms with Gasteiger partial charge in [0.15, 0.2) is 0 Å². The first kappa shape index (κ1) is 13.4. The molecule has 18 heavy (non-hydrogen) atoms. The van der Waals surface area contributed by atoms with Gasteiger partial charge in [0, 0.05) is 37.0 Å². The van der Waals surface area contributed by atoms with Crippen molar-refractivity contribution in [2.24, 2.45) is 0 Å². The second-order valence-electron chi connectivity index (χ2n) is 5.11. The minimum absolute atomic E-state index is 0.578. The Labute approximate surface area is 110 Å². The molecular formula is C15H24N2O. The van der Waals surface area contributed by atoms with E-state index in [0.29, 0.717) is 18.7 Å². The number of rotatable bonds is 4. The zero-order valence-electron chi connectivity index (χ0n) is 11.6. The van der Waals surface area contributed by atoms with Crippen molar-refractivity contribution in [3.63, 3.8) is 0 Å². The van der Waals surface area contributed by atoms with Crippen molar-refractivity contribution in [3.8, 4) is 0 Å². The standard InChI is InChI=1S/C15H24N2O/c1-12-10-14(16-2)8-9-17(12)15-7-5-4-6-13(15)11-18-3/h4-7,12,14,16H,8-11H2,1-3H3. The molecule has 0 aromatic heterocycles. The molecule has 0 bridgehead atoms. The summed E-state index contributed by atoms with van der Waals surface area (Å²) in [4.78, 5) is 2.52. The van der Waals surface area contributed by atoms with Crippen LogP contribution in [0, 0.1) is 0 Å². The average molecular weight is 248 g/mol. The minimum Gasteiger partial charge on any atom is -0.380 e. The molecule has 3 nitrogen and oxygen atoms in total. The number of benzene rings is 1. The Balaban J connectivity index is 2.16. The predicted octanol–water partition coefficient (Wildman–Crippen LogP) is 2.41. The third-order valence-electron chi connectivity index (χ3n) is 3.89. The van der Waals surface area contributed by atoms with Gasteiger partial charge in [0.1, 0.15) is 0 Å². The van der Waals surface area contributed by atoms with Crippen molar-refractivity contribution < 1.29 is 4.74 Å². The largest absolute Gasteiger partial charge is 0.380 e. The minimum atomic E-state index is 0.578. The number of methoxy groups -OCH3 is 1. The number of hydrogen-bond donors (Lipinski definition) is 1. The van der Waals surface area contributed by atoms with E-state index in [2.05, 4.69) is 48.5 Å². The summed E-state index contributed by atoms with van der Waals surface area (Å²) in [6.45, 7) is 4.12. The number of ether oxygens (including phenoxy) is 1. The monoisotopic (exact) mass is 248 g/mol. The van der Waals surface area contributed by atoms with Gasteiger partial charge in [0.05, 0.1) is 6.61 Å². The molecule has 100 valence electrons. The van der Waals surface area contributed by atoms with Crippen molar-refractivity contribution in [2.75, 3.05) is 25.6 Å². The maximum absolute atomic E-state index is 5.30. The lowest BCUT2D eigenvalue weighted by Crippen LogP contribution is -2.47. The summed E-state index contributed by atoms with van der Waals surface area (Å²) in [5.41, 5.74) is 2.62. The van der Waals surface area contributed by atoms with E-state index >= 15 is 0 Å². The number of para-hydroxylation sites is 1. The highest BCUT2D eigenvalue weighted by atomic mass is 16.5. The van der Waals surface area contributed by atoms with Crippen LogP contribution < -0.4 is 10.2 Å². The summed E-state index contributed by atoms with van der Waals surface area (Å²) in [7, 11) is 3.82. The Bertz CT molecular complexity index is 381. The van der Waals surface area contributed by atoms with Gasteiger partial charge in [0.25, 0.3) is 0 Å². The molecule has 0 radical (unpaired) electrons. The van der Waals surface area contributed by atoms with E-state index in [0.717, 1.165) is 6.54 Å². The number of hydrogen-bond acceptors (Lipinski definition) is 3. The van der Waals surface area contributed by atoms with Crippen LogP contribution in [0.1, 0.15) is 25.3 Å². The van der Waals surface area contributed by atoms with Gasteiger partial charge >= 0.3 is 0 Å². The lowest BCUT2D eigenvalue weighted by Gasteiger charge is -2.40. The molecule has 3 heteroatoms. The lowest BCUT2D eigenvalue weighted by atomic mass is 9.97. The Morgan fingerprint density at radius 2 is 2.17 bits per heavy atom. The Morgan fingerprint density at radius 3 is 2.83 bits per heavy atom. The van der Waals surface area contributed by atoms with E-state index in [1.54, 1.807) is 7.11 Å². The highest BCUT2D eigenvalue weighted by Crippen LogP contribution is 2.28. The van der Waals surface area contributed by atoms with Crippen LogP contribution >= 0.6 is 0 Å². The average Bonchev–Trinajstić information content (AvgIpc) is 2.40. The van der Waals surface area contributed by atoms with Gasteiger partial charge < -0.3 is 15.0 Å². The molecule has 1 fully saturated rings. The number of piperidine rings is 1. The normalized spacial score (nSPS) is 24.3. The molecule has 1 aromatic carbocycles. The quantitative estimate of drug-likeness (QED) is 0.885. The van der Waals surface area contributed by atoms with Crippen molar-refractivity contribution >= 4 is 5.69 Å². The highest BCUT2D eigenvalue weighted by Gasteiger charge is 2.25. The molecule has 1 heterocycles. The van der Waals surface area contributed by atoms with Gasteiger partial charge in [-0.3, -0.25) is 0 Å². The van der Waals surface area contributed by atoms with Crippen molar-refractivity contribution in [2.45, 2.75) is 38.5 Å². The van der Waals surface area contributed by atoms with Crippen LogP contribution in [0.25, 0.3) is 0 Å². The van der Waals surface area contributed by atoms with E-state index in [9.17, 15) is 0 Å². The van der Waals surface area contributed by atoms with Gasteiger partial charge in [-0.15, -0.1) is 0 Å². The van der Waals surface area contributed by atoms with Gasteiger partial charge in [-0.1, -0.05) is 18.2 Å². The number of anilines is 1. The van der Waals surface area contributed by atoms with Crippen LogP contribution in [0.3, 0.4) is 0 Å². The van der Waals surface area contributed by atoms with Crippen LogP contribution in [0.4, 0.5) is 5.69 Å². The second-order valence-corrected chi connectivity index (χ2v) is 5.11. The first-order valence-corrected chi connectivity index (χ1v) is 6.77. The molecular weight excluding hydrogens is 224 g/mol. The molecule has 1 saturated heterocycles. The summed E-state index contributed by atoms with van der Waals surface area (Å²) in [6, 6.07) is 9.81. The van der Waals surface area contributed by atoms with E-state index in [-0.39, 0.29) is 0 Å². The molecule has 2 atom stereocenters. The second kappa shape index (κ2) is 6.21. The Hall–Kier alpha value is -1.06. The molecule has 0 spiro atoms. The SMILES string of the molecule is CNC1CCN(c2ccccc2COC)C(C)C1. The van der Waals surface area contributed by atoms with Crippen LogP contribution in [0.2, 0.25) is 0 Å². The van der Waals surface area contributed by atoms with Crippen LogP contribution in [-0.4, -0.2) is 32.8 Å². The van der Waals surface area contributed by atoms with Gasteiger partial charge in [-0.05, 0) is 32.9 Å². The van der Waals surface area contributed by atoms with Gasteiger partial charge in [0.2, 0.25) is 0 Å². The molecule has 0 amide bonds. The van der Waals surface area contributed by atoms with Crippen LogP contribution in [-0.2, 0) is 11.3 Å². The zero-order chi connectivity index (χ0) is 13.0. The van der Waals surface area contributed by atoms with E-state index in [1.807, 2.05) is 0 Å². The fourth-order valence-electron chi connectivity index (χ4n) is 2.86. The third kappa shape index (κ3) is 2.85. The molecule has 0 saturated carbocycles. The van der Waals surface area contributed by atoms with Gasteiger partial charge in [-0.2, -0.15) is 0 Å². The molecule has 2 unspecified atom stereocenters. The van der Waals surface area contributed by atoms with Crippen molar-refractivity contribution in [3.05, 3.63) is 29.8 Å². The maximum Gasteiger partial charge on any atom is 0.0733 e. The first-order chi connectivity index (χ1) is 8.76. The summed E-state index contributed by atoms with van der Waals surface area (Å²) in [6.07, 6.45) is 2.42. The molecule has 2 rings (SSSR count). The van der Waals surface area contributed by atoms with Crippen LogP contribution in [0.5, 0.6) is 0 Å². The summed E-state index contributed by atoms with van der Waals surface area (Å²) in [5.74, 6) is 0. The molecule has 1 N–H and O–H groups in total. The lowest BCUT2D eigenvalue weighted by molar-refractivity contribution is 0.185. The fraction of sp³-hybridized carbons (Fsp3) is 0.600. The molecule has 1 aliphatic rings. The maximum atomic E-state index is 5.30. The summed E-state index contributed by atoms with van der Waals surface area (Å²) >= 11 is 0. The van der Waals surface area contributed by atoms with Gasteiger partial charge in [-0.25, -0.2) is 0 Å². The predicted molar refractivity (Wildman–Crippen MR) is 76.0 cm³/mol. The summed E-state index contributed by atoms with van der Waals surface area (Å²) < 4.78 is 5.30. The first-order valence-electron chi connectivity index (χ1n) is 6.77. The topological polar surface area (TPSA) is 24.5 Å². The summed E-state index contributed by atoms with van der Waals surface area (Å²) in [5, 5.41) is 3.39. The van der Waals surface area contributed by atoms with E-state index in [1.165, 1.54) is 24.1 Å². The molecule has 1 aromatic rings. The number of nitrogens with one attached hydrogen (secondary N) is 1. The molecule has 0 aliphatic carbocycles. The highest BCUT2D eigenvalue weighted by molar-refractivity contribution is 5.54. The third-order valence-corrected chi connectivity index (χ3v) is 3.89. The Kier molecular flexibility index (Phi) is 4.61. The smallest absolute Gasteiger partial charge is 0.0733 e. The zero-order valence-corrected chi connectivity index (χ0v) is 11.6. The van der Waals surface area contributed by atoms with Crippen molar-refractivity contribution in [1.29, 1.82) is 0 Å². The van der Waals surface area contributed by atoms with E-state index in [4.69, 9.17) is 4.74 Å². The van der Waals surface area contributed by atoms with Crippen LogP contribution in [0.15, 0.2) is 24.3 Å². The Morgan fingerprint density at radius 1 is 1.39 bits per heavy atom. The van der Waals surface area contributed by atoms with E-state index < -0.39 is 0 Å². The fourth-order valence-corrected chi connectivity index (χ4v) is 2.86.